The number of anilines is 1. The van der Waals surface area contributed by atoms with Gasteiger partial charge in [-0.2, -0.15) is 0 Å². The Bertz CT molecular complexity index is 1350. The Morgan fingerprint density at radius 3 is 2.39 bits per heavy atom. The second kappa shape index (κ2) is 10.8. The van der Waals surface area contributed by atoms with Gasteiger partial charge in [0.25, 0.3) is 11.8 Å². The van der Waals surface area contributed by atoms with E-state index in [-0.39, 0.29) is 24.0 Å². The highest BCUT2D eigenvalue weighted by Crippen LogP contribution is 2.29. The zero-order valence-electron chi connectivity index (χ0n) is 19.5. The summed E-state index contributed by atoms with van der Waals surface area (Å²) >= 11 is 12.3. The smallest absolute Gasteiger partial charge is 0.335 e. The molecule has 0 aromatic heterocycles. The molecule has 0 aliphatic carbocycles. The second-order valence-corrected chi connectivity index (χ2v) is 9.02. The molecule has 7 nitrogen and oxygen atoms in total. The van der Waals surface area contributed by atoms with E-state index in [2.05, 4.69) is 5.32 Å². The molecule has 1 N–H and O–H groups in total. The maximum Gasteiger partial charge on any atom is 0.335 e. The molecule has 1 aliphatic rings. The molecule has 0 unspecified atom stereocenters. The van der Waals surface area contributed by atoms with Gasteiger partial charge in [0.1, 0.15) is 23.7 Å². The summed E-state index contributed by atoms with van der Waals surface area (Å²) in [6.45, 7) is 3.96. The quantitative estimate of drug-likeness (QED) is 0.301. The second-order valence-electron chi connectivity index (χ2n) is 8.18. The number of nitrogens with one attached hydrogen (secondary N) is 1. The fourth-order valence-electron chi connectivity index (χ4n) is 3.51. The lowest BCUT2D eigenvalue weighted by molar-refractivity contribution is -0.122. The van der Waals surface area contributed by atoms with E-state index in [0.29, 0.717) is 27.1 Å². The number of halogens is 2. The summed E-state index contributed by atoms with van der Waals surface area (Å²) < 4.78 is 11.5. The van der Waals surface area contributed by atoms with Crippen LogP contribution in [0.1, 0.15) is 25.0 Å². The molecule has 9 heteroatoms. The van der Waals surface area contributed by atoms with Crippen LogP contribution in [0.4, 0.5) is 10.5 Å². The first-order valence-electron chi connectivity index (χ1n) is 11.1. The molecule has 184 valence electrons. The van der Waals surface area contributed by atoms with Crippen LogP contribution in [-0.4, -0.2) is 23.9 Å². The lowest BCUT2D eigenvalue weighted by Gasteiger charge is -2.26. The van der Waals surface area contributed by atoms with E-state index in [9.17, 15) is 14.4 Å². The van der Waals surface area contributed by atoms with Crippen LogP contribution in [0.25, 0.3) is 6.08 Å². The van der Waals surface area contributed by atoms with Gasteiger partial charge < -0.3 is 9.47 Å². The molecule has 0 radical (unpaired) electrons. The van der Waals surface area contributed by atoms with E-state index < -0.39 is 17.8 Å². The van der Waals surface area contributed by atoms with Gasteiger partial charge in [-0.25, -0.2) is 9.69 Å². The molecule has 1 saturated heterocycles. The van der Waals surface area contributed by atoms with E-state index >= 15 is 0 Å². The predicted molar refractivity (Wildman–Crippen MR) is 138 cm³/mol. The number of rotatable bonds is 7. The number of amides is 4. The van der Waals surface area contributed by atoms with E-state index in [1.54, 1.807) is 48.5 Å². The lowest BCUT2D eigenvalue weighted by atomic mass is 10.1. The first-order valence-corrected chi connectivity index (χ1v) is 11.8. The van der Waals surface area contributed by atoms with Gasteiger partial charge in [-0.05, 0) is 68.5 Å². The molecular formula is C27H22Cl2N2O5. The van der Waals surface area contributed by atoms with Gasteiger partial charge in [0.05, 0.1) is 11.8 Å². The molecule has 4 amide bonds. The molecular weight excluding hydrogens is 503 g/mol. The van der Waals surface area contributed by atoms with Gasteiger partial charge in [0, 0.05) is 21.2 Å². The number of imide groups is 2. The van der Waals surface area contributed by atoms with Crippen molar-refractivity contribution < 1.29 is 23.9 Å². The van der Waals surface area contributed by atoms with Crippen LogP contribution < -0.4 is 19.7 Å². The average Bonchev–Trinajstić information content (AvgIpc) is 2.83. The molecule has 4 rings (SSSR count). The summed E-state index contributed by atoms with van der Waals surface area (Å²) in [4.78, 5) is 39.3. The summed E-state index contributed by atoms with van der Waals surface area (Å²) in [5, 5.41) is 3.21. The molecule has 3 aromatic carbocycles. The third-order valence-corrected chi connectivity index (χ3v) is 5.79. The number of benzene rings is 3. The number of hydrogen-bond acceptors (Lipinski definition) is 5. The van der Waals surface area contributed by atoms with Crippen LogP contribution in [0.15, 0.2) is 72.3 Å². The Labute approximate surface area is 218 Å². The maximum absolute atomic E-state index is 13.3. The van der Waals surface area contributed by atoms with Crippen LogP contribution in [0, 0.1) is 0 Å². The molecule has 0 bridgehead atoms. The summed E-state index contributed by atoms with van der Waals surface area (Å²) in [6, 6.07) is 17.7. The zero-order chi connectivity index (χ0) is 25.8. The van der Waals surface area contributed by atoms with E-state index in [1.165, 1.54) is 6.08 Å². The van der Waals surface area contributed by atoms with Crippen molar-refractivity contribution in [1.29, 1.82) is 0 Å². The van der Waals surface area contributed by atoms with Gasteiger partial charge in [-0.1, -0.05) is 41.4 Å². The van der Waals surface area contributed by atoms with Crippen molar-refractivity contribution in [2.24, 2.45) is 0 Å². The SMILES string of the molecule is CC(C)Oc1ccc(Cl)cc1/C=C1\C(=O)NC(=O)N(c2ccc(OCc3ccccc3Cl)cc2)C1=O. The highest BCUT2D eigenvalue weighted by atomic mass is 35.5. The number of ether oxygens (including phenoxy) is 2. The average molecular weight is 525 g/mol. The minimum absolute atomic E-state index is 0.143. The van der Waals surface area contributed by atoms with Crippen molar-refractivity contribution in [2.45, 2.75) is 26.6 Å². The number of hydrogen-bond donors (Lipinski definition) is 1. The number of carbonyl (C=O) groups excluding carboxylic acids is 3. The van der Waals surface area contributed by atoms with E-state index in [0.717, 1.165) is 10.5 Å². The zero-order valence-corrected chi connectivity index (χ0v) is 21.0. The number of barbiturate groups is 1. The minimum Gasteiger partial charge on any atom is -0.490 e. The van der Waals surface area contributed by atoms with Crippen molar-refractivity contribution in [3.8, 4) is 11.5 Å². The predicted octanol–water partition coefficient (Wildman–Crippen LogP) is 6.03. The van der Waals surface area contributed by atoms with Gasteiger partial charge >= 0.3 is 6.03 Å². The third-order valence-electron chi connectivity index (χ3n) is 5.18. The van der Waals surface area contributed by atoms with Crippen molar-refractivity contribution in [3.05, 3.63) is 93.5 Å². The first kappa shape index (κ1) is 25.3. The Hall–Kier alpha value is -3.81. The number of nitrogens with zero attached hydrogens (tertiary/aromatic N) is 1. The van der Waals surface area contributed by atoms with Gasteiger partial charge in [-0.3, -0.25) is 14.9 Å². The van der Waals surface area contributed by atoms with Crippen molar-refractivity contribution in [3.63, 3.8) is 0 Å². The van der Waals surface area contributed by atoms with Crippen molar-refractivity contribution in [1.82, 2.24) is 5.32 Å². The van der Waals surface area contributed by atoms with Gasteiger partial charge in [0.15, 0.2) is 0 Å². The van der Waals surface area contributed by atoms with Crippen molar-refractivity contribution in [2.75, 3.05) is 4.90 Å². The van der Waals surface area contributed by atoms with Crippen LogP contribution in [0.2, 0.25) is 10.0 Å². The standard InChI is InChI=1S/C27H22Cl2N2O5/c1-16(2)36-24-12-7-19(28)13-18(24)14-22-25(32)30-27(34)31(26(22)33)20-8-10-21(11-9-20)35-15-17-5-3-4-6-23(17)29/h3-14,16H,15H2,1-2H3,(H,30,32,34)/b22-14+. The Kier molecular flexibility index (Phi) is 7.62. The highest BCUT2D eigenvalue weighted by Gasteiger charge is 2.37. The summed E-state index contributed by atoms with van der Waals surface area (Å²) in [5.74, 6) is -0.615. The van der Waals surface area contributed by atoms with Crippen molar-refractivity contribution >= 4 is 52.8 Å². The van der Waals surface area contributed by atoms with E-state index in [1.807, 2.05) is 32.0 Å². The molecule has 3 aromatic rings. The van der Waals surface area contributed by atoms with Crippen LogP contribution in [-0.2, 0) is 16.2 Å². The molecule has 1 aliphatic heterocycles. The van der Waals surface area contributed by atoms with Crippen LogP contribution in [0.3, 0.4) is 0 Å². The Morgan fingerprint density at radius 2 is 1.69 bits per heavy atom. The fourth-order valence-corrected chi connectivity index (χ4v) is 3.88. The Balaban J connectivity index is 1.58. The summed E-state index contributed by atoms with van der Waals surface area (Å²) in [5.41, 5.74) is 1.30. The summed E-state index contributed by atoms with van der Waals surface area (Å²) in [7, 11) is 0. The van der Waals surface area contributed by atoms with E-state index in [4.69, 9.17) is 32.7 Å². The Morgan fingerprint density at radius 1 is 0.972 bits per heavy atom. The fraction of sp³-hybridized carbons (Fsp3) is 0.148. The molecule has 36 heavy (non-hydrogen) atoms. The maximum atomic E-state index is 13.3. The first-order chi connectivity index (χ1) is 17.2. The number of urea groups is 1. The monoisotopic (exact) mass is 524 g/mol. The normalized spacial score (nSPS) is 14.9. The summed E-state index contributed by atoms with van der Waals surface area (Å²) in [6.07, 6.45) is 1.22. The molecule has 1 fully saturated rings. The molecule has 0 spiro atoms. The van der Waals surface area contributed by atoms with Gasteiger partial charge in [-0.15, -0.1) is 0 Å². The molecule has 0 saturated carbocycles. The molecule has 1 heterocycles. The van der Waals surface area contributed by atoms with Crippen LogP contribution >= 0.6 is 23.2 Å². The largest absolute Gasteiger partial charge is 0.490 e. The number of carbonyl (C=O) groups is 3. The third kappa shape index (κ3) is 5.70. The lowest BCUT2D eigenvalue weighted by Crippen LogP contribution is -2.54. The highest BCUT2D eigenvalue weighted by molar-refractivity contribution is 6.39. The topological polar surface area (TPSA) is 84.9 Å². The molecule has 0 atom stereocenters. The van der Waals surface area contributed by atoms with Gasteiger partial charge in [0.2, 0.25) is 0 Å². The minimum atomic E-state index is -0.850. The van der Waals surface area contributed by atoms with Crippen LogP contribution in [0.5, 0.6) is 11.5 Å².